The number of Topliss-reactive ketones (excluding diaryl/α,β-unsaturated/α-hetero) is 1. The van der Waals surface area contributed by atoms with Crippen molar-refractivity contribution < 1.29 is 10.0 Å². The lowest BCUT2D eigenvalue weighted by atomic mass is 10.2. The molecule has 0 fully saturated rings. The maximum atomic E-state index is 10.2. The van der Waals surface area contributed by atoms with E-state index in [1.54, 1.807) is 6.92 Å². The van der Waals surface area contributed by atoms with Crippen molar-refractivity contribution in [3.05, 3.63) is 0 Å². The normalized spacial score (nSPS) is 11.5. The Morgan fingerprint density at radius 1 is 1.62 bits per heavy atom. The Morgan fingerprint density at radius 3 is 2.25 bits per heavy atom. The highest BCUT2D eigenvalue weighted by Crippen LogP contribution is 1.84. The Hall–Kier alpha value is -0.860. The van der Waals surface area contributed by atoms with E-state index >= 15 is 0 Å². The van der Waals surface area contributed by atoms with Gasteiger partial charge in [0, 0.05) is 6.42 Å². The molecule has 46 valence electrons. The first-order valence-electron chi connectivity index (χ1n) is 2.33. The lowest BCUT2D eigenvalue weighted by Crippen LogP contribution is -1.98. The minimum Gasteiger partial charge on any atom is -0.411 e. The zero-order valence-corrected chi connectivity index (χ0v) is 5.01. The first-order valence-corrected chi connectivity index (χ1v) is 2.33. The predicted octanol–water partition coefficient (Wildman–Crippen LogP) is 0.816. The topological polar surface area (TPSA) is 49.7 Å². The molecule has 0 saturated carbocycles. The molecule has 0 radical (unpaired) electrons. The summed E-state index contributed by atoms with van der Waals surface area (Å²) in [4.78, 5) is 10.2. The fourth-order valence-corrected chi connectivity index (χ4v) is 0.396. The molecule has 0 atom stereocenters. The molecule has 8 heavy (non-hydrogen) atoms. The molecule has 0 aromatic heterocycles. The minimum atomic E-state index is 0.0142. The third kappa shape index (κ3) is 3.33. The van der Waals surface area contributed by atoms with Crippen molar-refractivity contribution >= 4 is 11.5 Å². The van der Waals surface area contributed by atoms with Gasteiger partial charge in [0.2, 0.25) is 0 Å². The molecule has 0 rings (SSSR count). The summed E-state index contributed by atoms with van der Waals surface area (Å²) in [6, 6.07) is 0. The second-order valence-electron chi connectivity index (χ2n) is 1.71. The molecule has 0 bridgehead atoms. The molecule has 0 aromatic carbocycles. The summed E-state index contributed by atoms with van der Waals surface area (Å²) in [5.41, 5.74) is 0.456. The van der Waals surface area contributed by atoms with Crippen molar-refractivity contribution in [2.45, 2.75) is 20.3 Å². The van der Waals surface area contributed by atoms with Gasteiger partial charge in [-0.3, -0.25) is 4.79 Å². The van der Waals surface area contributed by atoms with Crippen molar-refractivity contribution in [3.8, 4) is 0 Å². The van der Waals surface area contributed by atoms with Crippen LogP contribution in [0.2, 0.25) is 0 Å². The second kappa shape index (κ2) is 3.18. The molecular formula is C5H9NO2. The molecule has 0 aliphatic carbocycles. The van der Waals surface area contributed by atoms with Crippen molar-refractivity contribution in [1.82, 2.24) is 0 Å². The van der Waals surface area contributed by atoms with Gasteiger partial charge in [0.1, 0.15) is 5.78 Å². The number of carbonyl (C=O) groups is 1. The van der Waals surface area contributed by atoms with Gasteiger partial charge >= 0.3 is 0 Å². The summed E-state index contributed by atoms with van der Waals surface area (Å²) in [5.74, 6) is 0.0142. The van der Waals surface area contributed by atoms with Crippen LogP contribution in [0.15, 0.2) is 5.16 Å². The predicted molar refractivity (Wildman–Crippen MR) is 30.2 cm³/mol. The third-order valence-corrected chi connectivity index (χ3v) is 0.675. The Bertz CT molecular complexity index is 118. The first kappa shape index (κ1) is 7.14. The molecule has 0 spiro atoms. The molecular weight excluding hydrogens is 106 g/mol. The summed E-state index contributed by atoms with van der Waals surface area (Å²) in [6.45, 7) is 3.05. The second-order valence-corrected chi connectivity index (χ2v) is 1.71. The number of carbonyl (C=O) groups excluding carboxylic acids is 1. The number of ketones is 1. The molecule has 3 heteroatoms. The first-order chi connectivity index (χ1) is 3.66. The van der Waals surface area contributed by atoms with Crippen molar-refractivity contribution in [3.63, 3.8) is 0 Å². The van der Waals surface area contributed by atoms with Gasteiger partial charge in [-0.05, 0) is 13.8 Å². The molecule has 1 N–H and O–H groups in total. The zero-order chi connectivity index (χ0) is 6.57. The van der Waals surface area contributed by atoms with Gasteiger partial charge in [0.05, 0.1) is 5.71 Å². The molecule has 0 unspecified atom stereocenters. The van der Waals surface area contributed by atoms with E-state index in [0.29, 0.717) is 5.71 Å². The maximum absolute atomic E-state index is 10.2. The Kier molecular flexibility index (Phi) is 2.84. The van der Waals surface area contributed by atoms with Gasteiger partial charge in [-0.25, -0.2) is 0 Å². The molecule has 0 aliphatic heterocycles. The summed E-state index contributed by atoms with van der Waals surface area (Å²) < 4.78 is 0. The Morgan fingerprint density at radius 2 is 2.12 bits per heavy atom. The highest BCUT2D eigenvalue weighted by molar-refractivity contribution is 5.99. The van der Waals surface area contributed by atoms with E-state index < -0.39 is 0 Å². The lowest BCUT2D eigenvalue weighted by molar-refractivity contribution is -0.115. The highest BCUT2D eigenvalue weighted by atomic mass is 16.4. The Labute approximate surface area is 48.0 Å². The van der Waals surface area contributed by atoms with Crippen LogP contribution in [0.3, 0.4) is 0 Å². The summed E-state index contributed by atoms with van der Waals surface area (Å²) in [6.07, 6.45) is 0.247. The zero-order valence-electron chi connectivity index (χ0n) is 5.01. The fraction of sp³-hybridized carbons (Fsp3) is 0.600. The van der Waals surface area contributed by atoms with E-state index in [0.717, 1.165) is 0 Å². The standard InChI is InChI=1S/C5H9NO2/c1-4(6-8)3-5(2)7/h8H,3H2,1-2H3/b6-4+. The molecule has 0 aliphatic rings. The van der Waals surface area contributed by atoms with E-state index in [2.05, 4.69) is 5.16 Å². The lowest BCUT2D eigenvalue weighted by Gasteiger charge is -1.88. The van der Waals surface area contributed by atoms with Crippen LogP contribution in [0.5, 0.6) is 0 Å². The third-order valence-electron chi connectivity index (χ3n) is 0.675. The van der Waals surface area contributed by atoms with Gasteiger partial charge in [0.25, 0.3) is 0 Å². The van der Waals surface area contributed by atoms with E-state index in [4.69, 9.17) is 5.21 Å². The van der Waals surface area contributed by atoms with Crippen molar-refractivity contribution in [1.29, 1.82) is 0 Å². The van der Waals surface area contributed by atoms with Gasteiger partial charge in [-0.15, -0.1) is 0 Å². The Balaban J connectivity index is 3.56. The molecule has 0 amide bonds. The van der Waals surface area contributed by atoms with E-state index in [-0.39, 0.29) is 12.2 Å². The number of hydrogen-bond donors (Lipinski definition) is 1. The van der Waals surface area contributed by atoms with Gasteiger partial charge in [-0.2, -0.15) is 0 Å². The molecule has 3 nitrogen and oxygen atoms in total. The van der Waals surface area contributed by atoms with Crippen LogP contribution in [-0.2, 0) is 4.79 Å². The van der Waals surface area contributed by atoms with Crippen LogP contribution < -0.4 is 0 Å². The average molecular weight is 115 g/mol. The quantitative estimate of drug-likeness (QED) is 0.329. The van der Waals surface area contributed by atoms with E-state index in [9.17, 15) is 4.79 Å². The fourth-order valence-electron chi connectivity index (χ4n) is 0.396. The molecule has 0 saturated heterocycles. The number of oxime groups is 1. The van der Waals surface area contributed by atoms with Crippen LogP contribution in [0, 0.1) is 0 Å². The van der Waals surface area contributed by atoms with Crippen molar-refractivity contribution in [2.24, 2.45) is 5.16 Å². The van der Waals surface area contributed by atoms with E-state index in [1.165, 1.54) is 6.92 Å². The largest absolute Gasteiger partial charge is 0.411 e. The number of hydrogen-bond acceptors (Lipinski definition) is 3. The van der Waals surface area contributed by atoms with Gasteiger partial charge in [0.15, 0.2) is 0 Å². The summed E-state index contributed by atoms with van der Waals surface area (Å²) in [7, 11) is 0. The van der Waals surface area contributed by atoms with Gasteiger partial charge < -0.3 is 5.21 Å². The van der Waals surface area contributed by atoms with Crippen LogP contribution in [0.4, 0.5) is 0 Å². The highest BCUT2D eigenvalue weighted by Gasteiger charge is 1.94. The van der Waals surface area contributed by atoms with Crippen LogP contribution in [-0.4, -0.2) is 16.7 Å². The number of rotatable bonds is 2. The molecule has 0 aromatic rings. The summed E-state index contributed by atoms with van der Waals surface area (Å²) >= 11 is 0. The monoisotopic (exact) mass is 115 g/mol. The SMILES string of the molecule is CC(=O)C/C(C)=N/O. The van der Waals surface area contributed by atoms with Crippen LogP contribution >= 0.6 is 0 Å². The van der Waals surface area contributed by atoms with Crippen molar-refractivity contribution in [2.75, 3.05) is 0 Å². The van der Waals surface area contributed by atoms with Gasteiger partial charge in [-0.1, -0.05) is 5.16 Å². The average Bonchev–Trinajstić information content (AvgIpc) is 1.65. The summed E-state index contributed by atoms with van der Waals surface area (Å²) in [5, 5.41) is 10.8. The number of nitrogens with zero attached hydrogens (tertiary/aromatic N) is 1. The van der Waals surface area contributed by atoms with E-state index in [1.807, 2.05) is 0 Å². The van der Waals surface area contributed by atoms with Crippen LogP contribution in [0.1, 0.15) is 20.3 Å². The van der Waals surface area contributed by atoms with Crippen LogP contribution in [0.25, 0.3) is 0 Å². The maximum Gasteiger partial charge on any atom is 0.135 e. The minimum absolute atomic E-state index is 0.0142. The smallest absolute Gasteiger partial charge is 0.135 e. The molecule has 0 heterocycles.